The molecule has 0 unspecified atom stereocenters. The van der Waals surface area contributed by atoms with Gasteiger partial charge in [0.05, 0.1) is 11.2 Å². The summed E-state index contributed by atoms with van der Waals surface area (Å²) in [6, 6.07) is 9.98. The molecule has 0 N–H and O–H groups in total. The van der Waals surface area contributed by atoms with Gasteiger partial charge in [0.1, 0.15) is 5.52 Å². The Bertz CT molecular complexity index is 554. The van der Waals surface area contributed by atoms with E-state index in [2.05, 4.69) is 15.7 Å². The van der Waals surface area contributed by atoms with E-state index in [0.29, 0.717) is 0 Å². The highest BCUT2D eigenvalue weighted by Gasteiger charge is 2.04. The van der Waals surface area contributed by atoms with Crippen LogP contribution in [0.2, 0.25) is 0 Å². The average molecular weight is 201 g/mol. The zero-order valence-corrected chi connectivity index (χ0v) is 8.11. The summed E-state index contributed by atoms with van der Waals surface area (Å²) >= 11 is 1.66. The first-order chi connectivity index (χ1) is 6.95. The fraction of sp³-hybridized carbons (Fsp3) is 0. The molecule has 4 heteroatoms. The molecule has 0 amide bonds. The first kappa shape index (κ1) is 7.70. The van der Waals surface area contributed by atoms with Crippen molar-refractivity contribution in [3.8, 4) is 5.69 Å². The smallest absolute Gasteiger partial charge is 0.113 e. The molecule has 0 aliphatic carbocycles. The van der Waals surface area contributed by atoms with Crippen molar-refractivity contribution < 1.29 is 0 Å². The van der Waals surface area contributed by atoms with Crippen LogP contribution in [0.5, 0.6) is 0 Å². The Morgan fingerprint density at radius 1 is 1.14 bits per heavy atom. The van der Waals surface area contributed by atoms with E-state index < -0.39 is 0 Å². The van der Waals surface area contributed by atoms with Gasteiger partial charge in [0, 0.05) is 5.38 Å². The van der Waals surface area contributed by atoms with Crippen LogP contribution in [0.1, 0.15) is 0 Å². The summed E-state index contributed by atoms with van der Waals surface area (Å²) < 4.78 is 1.85. The van der Waals surface area contributed by atoms with E-state index in [1.165, 1.54) is 0 Å². The first-order valence-corrected chi connectivity index (χ1v) is 5.22. The number of hydrogen-bond acceptors (Lipinski definition) is 3. The predicted molar refractivity (Wildman–Crippen MR) is 56.7 cm³/mol. The van der Waals surface area contributed by atoms with Gasteiger partial charge in [-0.3, -0.25) is 0 Å². The van der Waals surface area contributed by atoms with E-state index in [4.69, 9.17) is 0 Å². The van der Waals surface area contributed by atoms with Crippen LogP contribution >= 0.6 is 11.3 Å². The van der Waals surface area contributed by atoms with Crippen molar-refractivity contribution in [2.75, 3.05) is 0 Å². The molecule has 14 heavy (non-hydrogen) atoms. The molecule has 0 aliphatic heterocycles. The van der Waals surface area contributed by atoms with E-state index in [1.807, 2.05) is 40.4 Å². The number of nitrogens with zero attached hydrogens (tertiary/aromatic N) is 3. The van der Waals surface area contributed by atoms with Crippen molar-refractivity contribution in [1.82, 2.24) is 15.0 Å². The SMILES string of the molecule is c1ccc2c(c1)nnn2-c1ccsc1. The van der Waals surface area contributed by atoms with Crippen LogP contribution in [0.3, 0.4) is 0 Å². The third kappa shape index (κ3) is 1.04. The van der Waals surface area contributed by atoms with Crippen molar-refractivity contribution in [3.05, 3.63) is 41.1 Å². The summed E-state index contributed by atoms with van der Waals surface area (Å²) in [5.74, 6) is 0. The van der Waals surface area contributed by atoms with Gasteiger partial charge in [0.2, 0.25) is 0 Å². The minimum Gasteiger partial charge on any atom is -0.212 e. The Hall–Kier alpha value is -1.68. The number of fused-ring (bicyclic) bond motifs is 1. The maximum atomic E-state index is 4.11. The molecule has 0 bridgehead atoms. The van der Waals surface area contributed by atoms with Crippen LogP contribution in [0.15, 0.2) is 41.1 Å². The van der Waals surface area contributed by atoms with Crippen LogP contribution in [-0.2, 0) is 0 Å². The summed E-state index contributed by atoms with van der Waals surface area (Å²) in [6.45, 7) is 0. The normalized spacial score (nSPS) is 10.9. The molecule has 0 saturated carbocycles. The number of aromatic nitrogens is 3. The van der Waals surface area contributed by atoms with Crippen LogP contribution in [0.4, 0.5) is 0 Å². The molecule has 0 radical (unpaired) electrons. The third-order valence-corrected chi connectivity index (χ3v) is 2.77. The van der Waals surface area contributed by atoms with Crippen molar-refractivity contribution in [2.45, 2.75) is 0 Å². The minimum atomic E-state index is 0.929. The molecule has 0 fully saturated rings. The lowest BCUT2D eigenvalue weighted by molar-refractivity contribution is 0.827. The van der Waals surface area contributed by atoms with Crippen molar-refractivity contribution in [1.29, 1.82) is 0 Å². The fourth-order valence-corrected chi connectivity index (χ4v) is 2.05. The van der Waals surface area contributed by atoms with Crippen molar-refractivity contribution in [3.63, 3.8) is 0 Å². The highest BCUT2D eigenvalue weighted by atomic mass is 32.1. The summed E-state index contributed by atoms with van der Waals surface area (Å²) in [4.78, 5) is 0. The maximum Gasteiger partial charge on any atom is 0.113 e. The topological polar surface area (TPSA) is 30.7 Å². The van der Waals surface area contributed by atoms with E-state index in [-0.39, 0.29) is 0 Å². The van der Waals surface area contributed by atoms with Gasteiger partial charge in [0.25, 0.3) is 0 Å². The number of hydrogen-bond donors (Lipinski definition) is 0. The average Bonchev–Trinajstić information content (AvgIpc) is 2.85. The van der Waals surface area contributed by atoms with E-state index >= 15 is 0 Å². The second-order valence-corrected chi connectivity index (χ2v) is 3.75. The van der Waals surface area contributed by atoms with Gasteiger partial charge in [-0.05, 0) is 23.6 Å². The standard InChI is InChI=1S/C10H7N3S/c1-2-4-10-9(3-1)11-12-13(10)8-5-6-14-7-8/h1-7H. The monoisotopic (exact) mass is 201 g/mol. The van der Waals surface area contributed by atoms with Crippen LogP contribution in [-0.4, -0.2) is 15.0 Å². The van der Waals surface area contributed by atoms with E-state index in [9.17, 15) is 0 Å². The van der Waals surface area contributed by atoms with Crippen LogP contribution in [0.25, 0.3) is 16.7 Å². The maximum absolute atomic E-state index is 4.11. The molecule has 3 nitrogen and oxygen atoms in total. The Labute approximate surface area is 84.6 Å². The Morgan fingerprint density at radius 2 is 2.07 bits per heavy atom. The first-order valence-electron chi connectivity index (χ1n) is 4.28. The lowest BCUT2D eigenvalue weighted by Crippen LogP contribution is -1.93. The zero-order valence-electron chi connectivity index (χ0n) is 7.29. The second kappa shape index (κ2) is 2.92. The van der Waals surface area contributed by atoms with E-state index in [1.54, 1.807) is 11.3 Å². The number of benzene rings is 1. The summed E-state index contributed by atoms with van der Waals surface area (Å²) in [5.41, 5.74) is 3.05. The fourth-order valence-electron chi connectivity index (χ4n) is 1.44. The molecule has 0 atom stereocenters. The van der Waals surface area contributed by atoms with Gasteiger partial charge in [-0.15, -0.1) is 5.10 Å². The predicted octanol–water partition coefficient (Wildman–Crippen LogP) is 2.48. The van der Waals surface area contributed by atoms with Crippen molar-refractivity contribution in [2.24, 2.45) is 0 Å². The molecule has 68 valence electrons. The summed E-state index contributed by atoms with van der Waals surface area (Å²) in [7, 11) is 0. The van der Waals surface area contributed by atoms with Gasteiger partial charge in [-0.25, -0.2) is 4.68 Å². The molecular weight excluding hydrogens is 194 g/mol. The highest BCUT2D eigenvalue weighted by Crippen LogP contribution is 2.17. The van der Waals surface area contributed by atoms with Gasteiger partial charge in [-0.2, -0.15) is 11.3 Å². The van der Waals surface area contributed by atoms with Gasteiger partial charge in [-0.1, -0.05) is 17.3 Å². The largest absolute Gasteiger partial charge is 0.212 e. The zero-order chi connectivity index (χ0) is 9.38. The molecule has 2 heterocycles. The molecule has 0 spiro atoms. The molecule has 0 aliphatic rings. The van der Waals surface area contributed by atoms with Gasteiger partial charge >= 0.3 is 0 Å². The third-order valence-electron chi connectivity index (χ3n) is 2.10. The molecule has 1 aromatic carbocycles. The van der Waals surface area contributed by atoms with Gasteiger partial charge < -0.3 is 0 Å². The van der Waals surface area contributed by atoms with Crippen LogP contribution < -0.4 is 0 Å². The lowest BCUT2D eigenvalue weighted by atomic mass is 10.3. The number of para-hydroxylation sites is 1. The Balaban J connectivity index is 2.33. The molecule has 3 rings (SSSR count). The molecular formula is C10H7N3S. The lowest BCUT2D eigenvalue weighted by Gasteiger charge is -1.96. The second-order valence-electron chi connectivity index (χ2n) is 2.97. The van der Waals surface area contributed by atoms with Crippen molar-refractivity contribution >= 4 is 22.4 Å². The minimum absolute atomic E-state index is 0.929. The molecule has 2 aromatic heterocycles. The summed E-state index contributed by atoms with van der Waals surface area (Å²) in [5, 5.41) is 12.3. The number of rotatable bonds is 1. The molecule has 3 aromatic rings. The Morgan fingerprint density at radius 3 is 2.93 bits per heavy atom. The highest BCUT2D eigenvalue weighted by molar-refractivity contribution is 7.08. The van der Waals surface area contributed by atoms with Gasteiger partial charge in [0.15, 0.2) is 0 Å². The molecule has 0 saturated heterocycles. The number of thiophene rings is 1. The van der Waals surface area contributed by atoms with Crippen LogP contribution in [0, 0.1) is 0 Å². The Kier molecular flexibility index (Phi) is 1.61. The summed E-state index contributed by atoms with van der Waals surface area (Å²) in [6.07, 6.45) is 0. The van der Waals surface area contributed by atoms with E-state index in [0.717, 1.165) is 16.7 Å². The quantitative estimate of drug-likeness (QED) is 0.605.